The van der Waals surface area contributed by atoms with E-state index < -0.39 is 29.4 Å². The Balaban J connectivity index is 1.32. The Morgan fingerprint density at radius 1 is 1.03 bits per heavy atom. The summed E-state index contributed by atoms with van der Waals surface area (Å²) in [6.07, 6.45) is 11.0. The van der Waals surface area contributed by atoms with Crippen molar-refractivity contribution in [2.75, 3.05) is 6.61 Å². The lowest BCUT2D eigenvalue weighted by atomic mass is 9.47. The average Bonchev–Trinajstić information content (AvgIpc) is 3.58. The molecule has 2 unspecified atom stereocenters. The van der Waals surface area contributed by atoms with Gasteiger partial charge >= 0.3 is 11.9 Å². The van der Waals surface area contributed by atoms with E-state index in [1.165, 1.54) is 25.5 Å². The summed E-state index contributed by atoms with van der Waals surface area (Å²) < 4.78 is 50.2. The summed E-state index contributed by atoms with van der Waals surface area (Å²) in [6, 6.07) is 0.531. The Labute approximate surface area is 213 Å². The van der Waals surface area contributed by atoms with Crippen molar-refractivity contribution in [2.24, 2.45) is 33.6 Å². The molecule has 0 bridgehead atoms. The van der Waals surface area contributed by atoms with Gasteiger partial charge in [-0.15, -0.1) is 0 Å². The Hall–Kier alpha value is -1.34. The third kappa shape index (κ3) is 3.73. The quantitative estimate of drug-likeness (QED) is 0.245. The number of aliphatic imine (C=N–C) groups is 1. The zero-order valence-electron chi connectivity index (χ0n) is 22.0. The van der Waals surface area contributed by atoms with Crippen molar-refractivity contribution >= 4 is 11.7 Å². The molecular formula is C29H41F2NO4. The van der Waals surface area contributed by atoms with Crippen LogP contribution in [0.5, 0.6) is 0 Å². The second-order valence-corrected chi connectivity index (χ2v) is 12.8. The molecule has 5 fully saturated rings. The third-order valence-electron chi connectivity index (χ3n) is 10.6. The Bertz CT molecular complexity index is 970. The van der Waals surface area contributed by atoms with Crippen molar-refractivity contribution in [1.82, 2.24) is 0 Å². The van der Waals surface area contributed by atoms with E-state index in [0.29, 0.717) is 43.7 Å². The summed E-state index contributed by atoms with van der Waals surface area (Å²) in [5, 5.41) is 0. The van der Waals surface area contributed by atoms with Crippen LogP contribution in [-0.4, -0.2) is 42.3 Å². The number of ether oxygens (including phenoxy) is 3. The molecule has 0 aromatic carbocycles. The number of esters is 1. The molecule has 1 aliphatic heterocycles. The van der Waals surface area contributed by atoms with E-state index in [9.17, 15) is 4.79 Å². The zero-order chi connectivity index (χ0) is 25.3. The number of rotatable bonds is 4. The third-order valence-corrected chi connectivity index (χ3v) is 10.6. The Morgan fingerprint density at radius 3 is 2.50 bits per heavy atom. The highest BCUT2D eigenvalue weighted by Gasteiger charge is 2.71. The monoisotopic (exact) mass is 505 g/mol. The summed E-state index contributed by atoms with van der Waals surface area (Å²) in [5.74, 6) is -5.37. The van der Waals surface area contributed by atoms with Gasteiger partial charge in [-0.1, -0.05) is 19.9 Å². The van der Waals surface area contributed by atoms with Gasteiger partial charge in [-0.25, -0.2) is 0 Å². The number of halogens is 2. The van der Waals surface area contributed by atoms with E-state index in [2.05, 4.69) is 6.92 Å². The van der Waals surface area contributed by atoms with Crippen LogP contribution >= 0.6 is 0 Å². The smallest absolute Gasteiger partial charge is 0.333 e. The Kier molecular flexibility index (Phi) is 5.96. The number of nitrogens with zero attached hydrogens (tertiary/aromatic N) is 1. The van der Waals surface area contributed by atoms with Gasteiger partial charge in [-0.3, -0.25) is 9.79 Å². The highest BCUT2D eigenvalue weighted by molar-refractivity contribution is 5.92. The molecule has 6 aliphatic rings. The molecule has 7 atom stereocenters. The maximum atomic E-state index is 16.6. The first-order valence-electron chi connectivity index (χ1n) is 14.2. The van der Waals surface area contributed by atoms with Crippen LogP contribution in [0.1, 0.15) is 97.8 Å². The fourth-order valence-electron chi connectivity index (χ4n) is 8.63. The zero-order valence-corrected chi connectivity index (χ0v) is 22.0. The highest BCUT2D eigenvalue weighted by Crippen LogP contribution is 2.68. The van der Waals surface area contributed by atoms with Gasteiger partial charge in [-0.2, -0.15) is 8.78 Å². The van der Waals surface area contributed by atoms with E-state index in [1.54, 1.807) is 6.08 Å². The van der Waals surface area contributed by atoms with Crippen molar-refractivity contribution < 1.29 is 27.8 Å². The summed E-state index contributed by atoms with van der Waals surface area (Å²) in [5.41, 5.74) is 1.00. The fraction of sp³-hybridized carbons (Fsp3) is 0.862. The minimum absolute atomic E-state index is 0.0210. The molecule has 0 amide bonds. The maximum Gasteiger partial charge on any atom is 0.333 e. The minimum Gasteiger partial charge on any atom is -0.426 e. The minimum atomic E-state index is -3.41. The summed E-state index contributed by atoms with van der Waals surface area (Å²) in [7, 11) is 0. The lowest BCUT2D eigenvalue weighted by Crippen LogP contribution is -2.64. The van der Waals surface area contributed by atoms with Crippen LogP contribution in [0.4, 0.5) is 8.78 Å². The van der Waals surface area contributed by atoms with Crippen LogP contribution in [-0.2, 0) is 19.0 Å². The van der Waals surface area contributed by atoms with Crippen LogP contribution in [0.15, 0.2) is 16.6 Å². The van der Waals surface area contributed by atoms with Gasteiger partial charge in [0.1, 0.15) is 0 Å². The van der Waals surface area contributed by atoms with Crippen LogP contribution in [0.2, 0.25) is 0 Å². The van der Waals surface area contributed by atoms with E-state index in [-0.39, 0.29) is 23.3 Å². The summed E-state index contributed by atoms with van der Waals surface area (Å²) in [6.45, 7) is 6.09. The molecule has 7 heteroatoms. The van der Waals surface area contributed by atoms with E-state index >= 15 is 8.78 Å². The van der Waals surface area contributed by atoms with Crippen molar-refractivity contribution in [3.8, 4) is 0 Å². The number of carbonyl (C=O) groups is 1. The molecule has 36 heavy (non-hydrogen) atoms. The summed E-state index contributed by atoms with van der Waals surface area (Å²) in [4.78, 5) is 17.2. The molecule has 6 rings (SSSR count). The number of carbonyl (C=O) groups excluding carboxylic acids is 1. The number of alkyl halides is 2. The van der Waals surface area contributed by atoms with Gasteiger partial charge in [-0.05, 0) is 93.8 Å². The van der Waals surface area contributed by atoms with Gasteiger partial charge in [0.15, 0.2) is 6.29 Å². The molecule has 1 saturated heterocycles. The second-order valence-electron chi connectivity index (χ2n) is 12.8. The Morgan fingerprint density at radius 2 is 1.81 bits per heavy atom. The molecular weight excluding hydrogens is 464 g/mol. The van der Waals surface area contributed by atoms with Gasteiger partial charge < -0.3 is 14.2 Å². The number of hydrogen-bond acceptors (Lipinski definition) is 5. The van der Waals surface area contributed by atoms with Crippen molar-refractivity contribution in [1.29, 1.82) is 0 Å². The number of fused-ring (bicyclic) bond motifs is 5. The van der Waals surface area contributed by atoms with Crippen molar-refractivity contribution in [3.05, 3.63) is 11.6 Å². The first kappa shape index (κ1) is 25.0. The SMILES string of the molecule is CC(=O)OC1(OC2CCCCO2)CC[C@@]2(C)C(=CC[C@@H]3[C@H]2CC[C@]2(C)C(=NC4CC4)CC[C@@H]32)C1(F)F. The maximum absolute atomic E-state index is 16.6. The van der Waals surface area contributed by atoms with Crippen LogP contribution < -0.4 is 0 Å². The van der Waals surface area contributed by atoms with Gasteiger partial charge in [0.2, 0.25) is 0 Å². The first-order valence-corrected chi connectivity index (χ1v) is 14.2. The number of hydrogen-bond donors (Lipinski definition) is 0. The van der Waals surface area contributed by atoms with E-state index in [1.807, 2.05) is 6.92 Å². The van der Waals surface area contributed by atoms with Gasteiger partial charge in [0.25, 0.3) is 5.79 Å². The van der Waals surface area contributed by atoms with Gasteiger partial charge in [0.05, 0.1) is 6.04 Å². The predicted molar refractivity (Wildman–Crippen MR) is 132 cm³/mol. The molecule has 200 valence electrons. The average molecular weight is 506 g/mol. The summed E-state index contributed by atoms with van der Waals surface area (Å²) >= 11 is 0. The largest absolute Gasteiger partial charge is 0.426 e. The molecule has 0 aromatic heterocycles. The standard InChI is InChI=1S/C29H41F2NO4/c1-18(33)35-28(36-25-6-4-5-17-34-25)16-15-26(2)22-13-14-27(3)21(10-12-24(27)32-19-7-8-19)20(22)9-11-23(26)29(28,30)31/h11,19-22,25H,4-10,12-17H2,1-3H3/t20-,21-,22+,25?,26+,27-,28?/m0/s1. The van der Waals surface area contributed by atoms with Crippen LogP contribution in [0, 0.1) is 28.6 Å². The molecule has 4 saturated carbocycles. The van der Waals surface area contributed by atoms with Crippen molar-refractivity contribution in [3.63, 3.8) is 0 Å². The molecule has 5 nitrogen and oxygen atoms in total. The molecule has 0 N–H and O–H groups in total. The first-order chi connectivity index (χ1) is 17.1. The molecule has 0 aromatic rings. The van der Waals surface area contributed by atoms with E-state index in [4.69, 9.17) is 19.2 Å². The molecule has 0 radical (unpaired) electrons. The molecule has 5 aliphatic carbocycles. The highest BCUT2D eigenvalue weighted by atomic mass is 19.3. The molecule has 1 heterocycles. The fourth-order valence-corrected chi connectivity index (χ4v) is 8.63. The molecule has 0 spiro atoms. The predicted octanol–water partition coefficient (Wildman–Crippen LogP) is 6.60. The van der Waals surface area contributed by atoms with Crippen LogP contribution in [0.3, 0.4) is 0 Å². The lowest BCUT2D eigenvalue weighted by molar-refractivity contribution is -0.376. The van der Waals surface area contributed by atoms with Crippen LogP contribution in [0.25, 0.3) is 0 Å². The van der Waals surface area contributed by atoms with E-state index in [0.717, 1.165) is 38.5 Å². The van der Waals surface area contributed by atoms with Gasteiger partial charge in [0, 0.05) is 36.7 Å². The normalized spacial score (nSPS) is 46.9. The van der Waals surface area contributed by atoms with Crippen molar-refractivity contribution in [2.45, 2.75) is 122 Å². The lowest BCUT2D eigenvalue weighted by Gasteiger charge is -2.60. The second kappa shape index (κ2) is 8.59. The topological polar surface area (TPSA) is 57.1 Å². The number of allylic oxidation sites excluding steroid dienone is 1.